The van der Waals surface area contributed by atoms with Gasteiger partial charge in [0.2, 0.25) is 0 Å². The normalized spacial score (nSPS) is 23.3. The summed E-state index contributed by atoms with van der Waals surface area (Å²) in [5.41, 5.74) is 1.43. The SMILES string of the molecule is Fc1cc2c(cc1OCC1CC1)C(F)CCC2. The summed E-state index contributed by atoms with van der Waals surface area (Å²) in [6, 6.07) is 3.01. The zero-order chi connectivity index (χ0) is 11.8. The van der Waals surface area contributed by atoms with Crippen molar-refractivity contribution in [3.05, 3.63) is 29.1 Å². The maximum absolute atomic E-state index is 13.7. The molecule has 0 aromatic heterocycles. The molecule has 1 aromatic rings. The summed E-state index contributed by atoms with van der Waals surface area (Å²) in [5, 5.41) is 0. The molecule has 1 fully saturated rings. The number of ether oxygens (including phenoxy) is 1. The lowest BCUT2D eigenvalue weighted by Crippen LogP contribution is -2.09. The molecule has 1 nitrogen and oxygen atoms in total. The Bertz CT molecular complexity index is 426. The molecule has 1 atom stereocenters. The van der Waals surface area contributed by atoms with Gasteiger partial charge in [0.05, 0.1) is 6.61 Å². The Labute approximate surface area is 99.8 Å². The minimum Gasteiger partial charge on any atom is -0.490 e. The first kappa shape index (κ1) is 11.0. The molecule has 0 radical (unpaired) electrons. The second-order valence-electron chi connectivity index (χ2n) is 5.10. The molecule has 92 valence electrons. The lowest BCUT2D eigenvalue weighted by molar-refractivity contribution is 0.276. The van der Waals surface area contributed by atoms with Crippen LogP contribution in [0.5, 0.6) is 5.75 Å². The second-order valence-corrected chi connectivity index (χ2v) is 5.10. The van der Waals surface area contributed by atoms with Gasteiger partial charge in [-0.15, -0.1) is 0 Å². The molecule has 0 aliphatic heterocycles. The van der Waals surface area contributed by atoms with Crippen molar-refractivity contribution in [2.45, 2.75) is 38.3 Å². The highest BCUT2D eigenvalue weighted by Crippen LogP contribution is 2.37. The third kappa shape index (κ3) is 2.28. The molecule has 0 N–H and O–H groups in total. The number of hydrogen-bond acceptors (Lipinski definition) is 1. The van der Waals surface area contributed by atoms with Gasteiger partial charge in [0.25, 0.3) is 0 Å². The fourth-order valence-corrected chi connectivity index (χ4v) is 2.35. The molecule has 2 aliphatic carbocycles. The molecule has 1 aromatic carbocycles. The highest BCUT2D eigenvalue weighted by molar-refractivity contribution is 5.39. The number of rotatable bonds is 3. The Balaban J connectivity index is 1.84. The van der Waals surface area contributed by atoms with E-state index >= 15 is 0 Å². The van der Waals surface area contributed by atoms with E-state index < -0.39 is 6.17 Å². The molecule has 0 heterocycles. The van der Waals surface area contributed by atoms with Crippen LogP contribution in [0.2, 0.25) is 0 Å². The van der Waals surface area contributed by atoms with Crippen LogP contribution < -0.4 is 4.74 Å². The van der Waals surface area contributed by atoms with E-state index in [0.29, 0.717) is 24.5 Å². The molecule has 2 aliphatic rings. The topological polar surface area (TPSA) is 9.23 Å². The average molecular weight is 238 g/mol. The molecular formula is C14H16F2O. The Morgan fingerprint density at radius 2 is 2.06 bits per heavy atom. The second kappa shape index (κ2) is 4.28. The molecule has 1 unspecified atom stereocenters. The number of alkyl halides is 1. The number of hydrogen-bond donors (Lipinski definition) is 0. The quantitative estimate of drug-likeness (QED) is 0.774. The van der Waals surface area contributed by atoms with Crippen LogP contribution in [0, 0.1) is 11.7 Å². The van der Waals surface area contributed by atoms with Gasteiger partial charge in [0.15, 0.2) is 11.6 Å². The maximum Gasteiger partial charge on any atom is 0.165 e. The number of fused-ring (bicyclic) bond motifs is 1. The highest BCUT2D eigenvalue weighted by atomic mass is 19.1. The molecule has 3 heteroatoms. The number of aryl methyl sites for hydroxylation is 1. The standard InChI is InChI=1S/C14H16F2O/c15-12-3-1-2-10-6-13(16)14(7-11(10)12)17-8-9-4-5-9/h6-7,9,12H,1-5,8H2. The van der Waals surface area contributed by atoms with E-state index in [1.165, 1.54) is 6.07 Å². The van der Waals surface area contributed by atoms with Crippen LogP contribution in [0.25, 0.3) is 0 Å². The van der Waals surface area contributed by atoms with Crippen molar-refractivity contribution in [2.24, 2.45) is 5.92 Å². The maximum atomic E-state index is 13.7. The molecule has 3 rings (SSSR count). The molecule has 0 spiro atoms. The lowest BCUT2D eigenvalue weighted by Gasteiger charge is -2.21. The average Bonchev–Trinajstić information content (AvgIpc) is 3.11. The van der Waals surface area contributed by atoms with Gasteiger partial charge in [-0.05, 0) is 61.3 Å². The summed E-state index contributed by atoms with van der Waals surface area (Å²) in [5.74, 6) is 0.449. The van der Waals surface area contributed by atoms with Gasteiger partial charge in [-0.1, -0.05) is 0 Å². The van der Waals surface area contributed by atoms with Gasteiger partial charge in [0, 0.05) is 0 Å². The van der Waals surface area contributed by atoms with Crippen molar-refractivity contribution in [1.82, 2.24) is 0 Å². The molecule has 0 amide bonds. The summed E-state index contributed by atoms with van der Waals surface area (Å²) in [4.78, 5) is 0. The molecule has 0 saturated heterocycles. The summed E-state index contributed by atoms with van der Waals surface area (Å²) in [6.07, 6.45) is 3.49. The fourth-order valence-electron chi connectivity index (χ4n) is 2.35. The van der Waals surface area contributed by atoms with Gasteiger partial charge < -0.3 is 4.74 Å². The Morgan fingerprint density at radius 3 is 2.82 bits per heavy atom. The molecule has 1 saturated carbocycles. The van der Waals surface area contributed by atoms with Gasteiger partial charge >= 0.3 is 0 Å². The third-order valence-corrected chi connectivity index (χ3v) is 3.61. The van der Waals surface area contributed by atoms with E-state index in [0.717, 1.165) is 31.2 Å². The van der Waals surface area contributed by atoms with E-state index in [9.17, 15) is 8.78 Å². The molecule has 0 bridgehead atoms. The van der Waals surface area contributed by atoms with Gasteiger partial charge in [-0.3, -0.25) is 0 Å². The number of halogens is 2. The Hall–Kier alpha value is -1.12. The number of benzene rings is 1. The lowest BCUT2D eigenvalue weighted by atomic mass is 9.90. The van der Waals surface area contributed by atoms with Crippen LogP contribution >= 0.6 is 0 Å². The zero-order valence-electron chi connectivity index (χ0n) is 9.72. The van der Waals surface area contributed by atoms with Crippen molar-refractivity contribution >= 4 is 0 Å². The first-order chi connectivity index (χ1) is 8.24. The van der Waals surface area contributed by atoms with E-state index in [1.54, 1.807) is 6.07 Å². The van der Waals surface area contributed by atoms with Crippen LogP contribution in [0.3, 0.4) is 0 Å². The van der Waals surface area contributed by atoms with Crippen LogP contribution in [0.1, 0.15) is 43.0 Å². The monoisotopic (exact) mass is 238 g/mol. The molecular weight excluding hydrogens is 222 g/mol. The minimum absolute atomic E-state index is 0.222. The highest BCUT2D eigenvalue weighted by Gasteiger charge is 2.25. The Kier molecular flexibility index (Phi) is 2.77. The summed E-state index contributed by atoms with van der Waals surface area (Å²) in [7, 11) is 0. The van der Waals surface area contributed by atoms with E-state index in [1.807, 2.05) is 0 Å². The summed E-state index contributed by atoms with van der Waals surface area (Å²) >= 11 is 0. The van der Waals surface area contributed by atoms with E-state index in [2.05, 4.69) is 0 Å². The molecule has 17 heavy (non-hydrogen) atoms. The van der Waals surface area contributed by atoms with Crippen LogP contribution in [-0.2, 0) is 6.42 Å². The predicted molar refractivity (Wildman–Crippen MR) is 61.4 cm³/mol. The largest absolute Gasteiger partial charge is 0.490 e. The van der Waals surface area contributed by atoms with Gasteiger partial charge in [0.1, 0.15) is 6.17 Å². The summed E-state index contributed by atoms with van der Waals surface area (Å²) in [6.45, 7) is 0.562. The predicted octanol–water partition coefficient (Wildman–Crippen LogP) is 3.96. The van der Waals surface area contributed by atoms with Crippen LogP contribution in [-0.4, -0.2) is 6.61 Å². The smallest absolute Gasteiger partial charge is 0.165 e. The summed E-state index contributed by atoms with van der Waals surface area (Å²) < 4.78 is 32.9. The van der Waals surface area contributed by atoms with Crippen molar-refractivity contribution < 1.29 is 13.5 Å². The Morgan fingerprint density at radius 1 is 1.24 bits per heavy atom. The van der Waals surface area contributed by atoms with E-state index in [4.69, 9.17) is 4.74 Å². The van der Waals surface area contributed by atoms with Crippen molar-refractivity contribution in [3.8, 4) is 5.75 Å². The van der Waals surface area contributed by atoms with Crippen molar-refractivity contribution in [2.75, 3.05) is 6.61 Å². The minimum atomic E-state index is -0.956. The zero-order valence-corrected chi connectivity index (χ0v) is 9.72. The first-order valence-corrected chi connectivity index (χ1v) is 6.33. The van der Waals surface area contributed by atoms with Crippen molar-refractivity contribution in [3.63, 3.8) is 0 Å². The van der Waals surface area contributed by atoms with Gasteiger partial charge in [-0.2, -0.15) is 0 Å². The van der Waals surface area contributed by atoms with Crippen molar-refractivity contribution in [1.29, 1.82) is 0 Å². The van der Waals surface area contributed by atoms with Crippen LogP contribution in [0.4, 0.5) is 8.78 Å². The first-order valence-electron chi connectivity index (χ1n) is 6.33. The van der Waals surface area contributed by atoms with Gasteiger partial charge in [-0.25, -0.2) is 8.78 Å². The fraction of sp³-hybridized carbons (Fsp3) is 0.571. The van der Waals surface area contributed by atoms with Crippen LogP contribution in [0.15, 0.2) is 12.1 Å². The third-order valence-electron chi connectivity index (χ3n) is 3.61. The van der Waals surface area contributed by atoms with E-state index in [-0.39, 0.29) is 11.6 Å².